The Morgan fingerprint density at radius 1 is 0.838 bits per heavy atom. The van der Waals surface area contributed by atoms with Gasteiger partial charge in [-0.05, 0) is 41.8 Å². The lowest BCUT2D eigenvalue weighted by Crippen LogP contribution is -2.52. The highest BCUT2D eigenvalue weighted by atomic mass is 16.5. The summed E-state index contributed by atoms with van der Waals surface area (Å²) < 4.78 is 6.72. The predicted molar refractivity (Wildman–Crippen MR) is 146 cm³/mol. The lowest BCUT2D eigenvalue weighted by molar-refractivity contribution is -0.133. The van der Waals surface area contributed by atoms with Crippen LogP contribution < -0.4 is 15.0 Å². The van der Waals surface area contributed by atoms with Gasteiger partial charge in [-0.15, -0.1) is 0 Å². The summed E-state index contributed by atoms with van der Waals surface area (Å²) in [5.41, 5.74) is 4.04. The van der Waals surface area contributed by atoms with E-state index in [1.54, 1.807) is 12.1 Å². The minimum Gasteiger partial charge on any atom is -0.485 e. The number of ether oxygens (including phenoxy) is 1. The number of nitrogens with zero attached hydrogens (tertiary/aromatic N) is 2. The molecule has 6 nitrogen and oxygen atoms in total. The van der Waals surface area contributed by atoms with Crippen molar-refractivity contribution in [3.63, 3.8) is 0 Å². The third kappa shape index (κ3) is 5.79. The van der Waals surface area contributed by atoms with Crippen molar-refractivity contribution in [2.24, 2.45) is 0 Å². The Hall–Kier alpha value is -3.80. The number of carbonyl (C=O) groups is 2. The van der Waals surface area contributed by atoms with E-state index in [-0.39, 0.29) is 24.0 Å². The fraction of sp³-hybridized carbons (Fsp3) is 0.355. The minimum absolute atomic E-state index is 0.00895. The van der Waals surface area contributed by atoms with Crippen LogP contribution >= 0.6 is 0 Å². The first-order chi connectivity index (χ1) is 18.0. The molecule has 0 saturated carbocycles. The molecule has 1 spiro atoms. The van der Waals surface area contributed by atoms with Crippen LogP contribution in [0.25, 0.3) is 0 Å². The number of nitrogens with one attached hydrogen (secondary N) is 1. The van der Waals surface area contributed by atoms with Crippen molar-refractivity contribution in [1.29, 1.82) is 0 Å². The molecule has 2 aliphatic rings. The van der Waals surface area contributed by atoms with E-state index >= 15 is 0 Å². The molecule has 3 aromatic rings. The van der Waals surface area contributed by atoms with Crippen molar-refractivity contribution in [2.75, 3.05) is 31.1 Å². The van der Waals surface area contributed by atoms with Gasteiger partial charge in [0.15, 0.2) is 0 Å². The predicted octanol–water partition coefficient (Wildman–Crippen LogP) is 4.83. The van der Waals surface area contributed by atoms with Crippen LogP contribution in [0.2, 0.25) is 0 Å². The molecule has 2 amide bonds. The summed E-state index contributed by atoms with van der Waals surface area (Å²) in [5, 5.41) is 2.76. The molecule has 192 valence electrons. The van der Waals surface area contributed by atoms with E-state index < -0.39 is 0 Å². The van der Waals surface area contributed by atoms with Gasteiger partial charge in [-0.2, -0.15) is 0 Å². The second-order valence-corrected chi connectivity index (χ2v) is 10.0. The first kappa shape index (κ1) is 24.9. The Kier molecular flexibility index (Phi) is 7.45. The molecule has 0 unspecified atom stereocenters. The number of rotatable bonds is 6. The highest BCUT2D eigenvalue weighted by molar-refractivity contribution is 5.96. The lowest BCUT2D eigenvalue weighted by Gasteiger charge is -2.41. The van der Waals surface area contributed by atoms with Gasteiger partial charge in [-0.3, -0.25) is 9.59 Å². The maximum atomic E-state index is 12.8. The van der Waals surface area contributed by atoms with Crippen LogP contribution in [0.4, 0.5) is 5.69 Å². The fourth-order valence-electron chi connectivity index (χ4n) is 5.29. The Morgan fingerprint density at radius 3 is 2.22 bits per heavy atom. The molecule has 37 heavy (non-hydrogen) atoms. The number of amides is 2. The number of hydrogen-bond donors (Lipinski definition) is 1. The first-order valence-corrected chi connectivity index (χ1v) is 13.3. The molecule has 2 aliphatic heterocycles. The third-order valence-electron chi connectivity index (χ3n) is 7.64. The van der Waals surface area contributed by atoms with Crippen LogP contribution in [-0.2, 0) is 17.8 Å². The zero-order valence-corrected chi connectivity index (χ0v) is 21.5. The summed E-state index contributed by atoms with van der Waals surface area (Å²) in [6.07, 6.45) is 3.50. The molecule has 2 heterocycles. The van der Waals surface area contributed by atoms with Gasteiger partial charge in [0.2, 0.25) is 5.91 Å². The number of para-hydroxylation sites is 2. The summed E-state index contributed by atoms with van der Waals surface area (Å²) in [7, 11) is 0. The molecule has 0 radical (unpaired) electrons. The Morgan fingerprint density at radius 2 is 1.49 bits per heavy atom. The van der Waals surface area contributed by atoms with E-state index in [0.29, 0.717) is 18.7 Å². The molecule has 1 saturated heterocycles. The van der Waals surface area contributed by atoms with Crippen LogP contribution in [0.1, 0.15) is 47.7 Å². The standard InChI is InChI=1S/C31H35N3O3/c1-2-24-12-14-25(15-13-24)23-34-21-18-31(37-28-11-7-6-10-27(28)34)16-19-33(20-17-31)29(35)22-32-30(36)26-8-4-3-5-9-26/h3-15H,2,16-23H2,1H3,(H,32,36). The van der Waals surface area contributed by atoms with Crippen LogP contribution in [-0.4, -0.2) is 48.5 Å². The quantitative estimate of drug-likeness (QED) is 0.530. The normalized spacial score (nSPS) is 16.5. The lowest BCUT2D eigenvalue weighted by atomic mass is 9.87. The molecule has 5 rings (SSSR count). The highest BCUT2D eigenvalue weighted by Crippen LogP contribution is 2.40. The van der Waals surface area contributed by atoms with E-state index in [1.807, 2.05) is 29.2 Å². The SMILES string of the molecule is CCc1ccc(CN2CCC3(CCN(C(=O)CNC(=O)c4ccccc4)CC3)Oc3ccccc32)cc1. The zero-order valence-electron chi connectivity index (χ0n) is 21.5. The number of anilines is 1. The number of benzene rings is 3. The molecular formula is C31H35N3O3. The zero-order chi connectivity index (χ0) is 25.7. The summed E-state index contributed by atoms with van der Waals surface area (Å²) in [5.74, 6) is 0.640. The number of hydrogen-bond acceptors (Lipinski definition) is 4. The monoisotopic (exact) mass is 497 g/mol. The van der Waals surface area contributed by atoms with Gasteiger partial charge in [0.1, 0.15) is 11.4 Å². The van der Waals surface area contributed by atoms with Gasteiger partial charge >= 0.3 is 0 Å². The van der Waals surface area contributed by atoms with E-state index in [9.17, 15) is 9.59 Å². The average molecular weight is 498 g/mol. The average Bonchev–Trinajstić information content (AvgIpc) is 3.09. The molecule has 3 aromatic carbocycles. The smallest absolute Gasteiger partial charge is 0.251 e. The van der Waals surface area contributed by atoms with Crippen molar-refractivity contribution in [3.05, 3.63) is 95.6 Å². The summed E-state index contributed by atoms with van der Waals surface area (Å²) in [4.78, 5) is 29.4. The summed E-state index contributed by atoms with van der Waals surface area (Å²) in [6, 6.07) is 26.2. The van der Waals surface area contributed by atoms with Crippen LogP contribution in [0.3, 0.4) is 0 Å². The topological polar surface area (TPSA) is 61.9 Å². The molecule has 0 bridgehead atoms. The molecule has 6 heteroatoms. The van der Waals surface area contributed by atoms with Gasteiger partial charge in [-0.1, -0.05) is 61.5 Å². The number of likely N-dealkylation sites (tertiary alicyclic amines) is 1. The van der Waals surface area contributed by atoms with Crippen LogP contribution in [0, 0.1) is 0 Å². The molecule has 1 N–H and O–H groups in total. The number of carbonyl (C=O) groups excluding carboxylic acids is 2. The van der Waals surface area contributed by atoms with Gasteiger partial charge in [0.05, 0.1) is 12.2 Å². The van der Waals surface area contributed by atoms with Crippen molar-refractivity contribution < 1.29 is 14.3 Å². The Balaban J connectivity index is 1.21. The van der Waals surface area contributed by atoms with Crippen molar-refractivity contribution in [3.8, 4) is 5.75 Å². The number of piperidine rings is 1. The second kappa shape index (κ2) is 11.1. The van der Waals surface area contributed by atoms with Crippen molar-refractivity contribution in [2.45, 2.75) is 44.8 Å². The van der Waals surface area contributed by atoms with Crippen molar-refractivity contribution in [1.82, 2.24) is 10.2 Å². The molecule has 1 fully saturated rings. The van der Waals surface area contributed by atoms with Gasteiger partial charge in [0.25, 0.3) is 5.91 Å². The summed E-state index contributed by atoms with van der Waals surface area (Å²) >= 11 is 0. The molecule has 0 atom stereocenters. The number of fused-ring (bicyclic) bond motifs is 1. The van der Waals surface area contributed by atoms with Crippen LogP contribution in [0.15, 0.2) is 78.9 Å². The van der Waals surface area contributed by atoms with E-state index in [0.717, 1.165) is 50.2 Å². The minimum atomic E-state index is -0.291. The number of aryl methyl sites for hydroxylation is 1. The largest absolute Gasteiger partial charge is 0.485 e. The maximum Gasteiger partial charge on any atom is 0.251 e. The second-order valence-electron chi connectivity index (χ2n) is 10.0. The van der Waals surface area contributed by atoms with E-state index in [1.165, 1.54) is 11.1 Å². The fourth-order valence-corrected chi connectivity index (χ4v) is 5.29. The molecule has 0 aliphatic carbocycles. The maximum absolute atomic E-state index is 12.8. The van der Waals surface area contributed by atoms with Crippen LogP contribution in [0.5, 0.6) is 5.75 Å². The Bertz CT molecular complexity index is 1220. The molecule has 0 aromatic heterocycles. The third-order valence-corrected chi connectivity index (χ3v) is 7.64. The van der Waals surface area contributed by atoms with E-state index in [2.05, 4.69) is 59.6 Å². The van der Waals surface area contributed by atoms with Gasteiger partial charge in [-0.25, -0.2) is 0 Å². The van der Waals surface area contributed by atoms with Crippen molar-refractivity contribution >= 4 is 17.5 Å². The molecular weight excluding hydrogens is 462 g/mol. The van der Waals surface area contributed by atoms with Gasteiger partial charge < -0.3 is 19.9 Å². The van der Waals surface area contributed by atoms with Gasteiger partial charge in [0, 0.05) is 51.0 Å². The highest BCUT2D eigenvalue weighted by Gasteiger charge is 2.40. The first-order valence-electron chi connectivity index (χ1n) is 13.3. The Labute approximate surface area is 219 Å². The van der Waals surface area contributed by atoms with E-state index in [4.69, 9.17) is 4.74 Å². The summed E-state index contributed by atoms with van der Waals surface area (Å²) in [6.45, 7) is 5.17.